The third kappa shape index (κ3) is 4.69. The molecular weight excluding hydrogens is 313 g/mol. The van der Waals surface area contributed by atoms with Crippen LogP contribution in [0.3, 0.4) is 0 Å². The van der Waals surface area contributed by atoms with Crippen molar-refractivity contribution in [3.05, 3.63) is 34.9 Å². The minimum atomic E-state index is -0.506. The second-order valence-electron chi connectivity index (χ2n) is 5.43. The van der Waals surface area contributed by atoms with Gasteiger partial charge in [-0.15, -0.1) is 0 Å². The molecule has 0 saturated heterocycles. The minimum Gasteiger partial charge on any atom is -0.382 e. The predicted octanol–water partition coefficient (Wildman–Crippen LogP) is 2.17. The van der Waals surface area contributed by atoms with Gasteiger partial charge in [-0.05, 0) is 26.3 Å². The zero-order valence-corrected chi connectivity index (χ0v) is 14.2. The lowest BCUT2D eigenvalue weighted by Crippen LogP contribution is -2.26. The molecule has 1 aromatic heterocycles. The Balaban J connectivity index is 2.02. The molecule has 2 rings (SSSR count). The van der Waals surface area contributed by atoms with Gasteiger partial charge in [0.1, 0.15) is 11.3 Å². The summed E-state index contributed by atoms with van der Waals surface area (Å²) in [5.74, 6) is -0.873. The van der Waals surface area contributed by atoms with Gasteiger partial charge in [0.05, 0.1) is 35.7 Å². The molecule has 0 spiro atoms. The van der Waals surface area contributed by atoms with Gasteiger partial charge in [-0.2, -0.15) is 0 Å². The highest BCUT2D eigenvalue weighted by atomic mass is 19.1. The van der Waals surface area contributed by atoms with Gasteiger partial charge in [0.15, 0.2) is 0 Å². The van der Waals surface area contributed by atoms with E-state index in [2.05, 4.69) is 15.3 Å². The molecule has 1 heterocycles. The number of nitrogens with zero attached hydrogens (tertiary/aromatic N) is 2. The van der Waals surface area contributed by atoms with Gasteiger partial charge in [-0.1, -0.05) is 0 Å². The Morgan fingerprint density at radius 1 is 1.17 bits per heavy atom. The van der Waals surface area contributed by atoms with Crippen molar-refractivity contribution in [3.8, 4) is 0 Å². The zero-order chi connectivity index (χ0) is 17.5. The van der Waals surface area contributed by atoms with Gasteiger partial charge in [0.2, 0.25) is 0 Å². The van der Waals surface area contributed by atoms with Crippen LogP contribution in [0.1, 0.15) is 28.2 Å². The highest BCUT2D eigenvalue weighted by Gasteiger charge is 2.15. The summed E-state index contributed by atoms with van der Waals surface area (Å²) in [5.41, 5.74) is 2.42. The topological polar surface area (TPSA) is 73.3 Å². The smallest absolute Gasteiger partial charge is 0.253 e. The number of aromatic nitrogens is 2. The van der Waals surface area contributed by atoms with Crippen molar-refractivity contribution in [1.29, 1.82) is 0 Å². The zero-order valence-electron chi connectivity index (χ0n) is 14.2. The molecule has 0 radical (unpaired) electrons. The molecule has 2 aromatic rings. The first-order valence-corrected chi connectivity index (χ1v) is 7.82. The maximum Gasteiger partial charge on any atom is 0.253 e. The Labute approximate surface area is 140 Å². The molecule has 0 unspecified atom stereocenters. The first-order chi connectivity index (χ1) is 11.5. The Hall–Kier alpha value is -2.12. The number of hydrogen-bond acceptors (Lipinski definition) is 5. The number of ether oxygens (including phenoxy) is 2. The Bertz CT molecular complexity index is 722. The van der Waals surface area contributed by atoms with Crippen molar-refractivity contribution in [2.45, 2.75) is 20.3 Å². The van der Waals surface area contributed by atoms with Crippen molar-refractivity contribution in [2.24, 2.45) is 0 Å². The first kappa shape index (κ1) is 18.2. The van der Waals surface area contributed by atoms with Crippen LogP contribution in [0.15, 0.2) is 12.1 Å². The van der Waals surface area contributed by atoms with Crippen LogP contribution in [0.2, 0.25) is 0 Å². The van der Waals surface area contributed by atoms with Gasteiger partial charge in [0, 0.05) is 26.3 Å². The van der Waals surface area contributed by atoms with Crippen LogP contribution < -0.4 is 5.32 Å². The van der Waals surface area contributed by atoms with Gasteiger partial charge in [-0.3, -0.25) is 4.79 Å². The van der Waals surface area contributed by atoms with Crippen molar-refractivity contribution in [1.82, 2.24) is 15.3 Å². The van der Waals surface area contributed by atoms with Gasteiger partial charge in [-0.25, -0.2) is 14.4 Å². The number of fused-ring (bicyclic) bond motifs is 1. The van der Waals surface area contributed by atoms with E-state index < -0.39 is 5.82 Å². The summed E-state index contributed by atoms with van der Waals surface area (Å²) in [4.78, 5) is 21.0. The number of methoxy groups -OCH3 is 1. The SMILES string of the molecule is COCCOCCCNC(=O)c1cc(F)cc2nc(C)c(C)nc12. The fourth-order valence-corrected chi connectivity index (χ4v) is 2.19. The summed E-state index contributed by atoms with van der Waals surface area (Å²) in [7, 11) is 1.61. The van der Waals surface area contributed by atoms with Gasteiger partial charge >= 0.3 is 0 Å². The van der Waals surface area contributed by atoms with Crippen LogP contribution in [0.25, 0.3) is 11.0 Å². The normalized spacial score (nSPS) is 11.0. The summed E-state index contributed by atoms with van der Waals surface area (Å²) in [6.45, 7) is 5.63. The molecule has 0 fully saturated rings. The fraction of sp³-hybridized carbons (Fsp3) is 0.471. The van der Waals surface area contributed by atoms with E-state index in [1.54, 1.807) is 14.0 Å². The van der Waals surface area contributed by atoms with E-state index >= 15 is 0 Å². The van der Waals surface area contributed by atoms with E-state index in [-0.39, 0.29) is 11.5 Å². The van der Waals surface area contributed by atoms with Gasteiger partial charge in [0.25, 0.3) is 5.91 Å². The van der Waals surface area contributed by atoms with E-state index in [9.17, 15) is 9.18 Å². The number of hydrogen-bond donors (Lipinski definition) is 1. The van der Waals surface area contributed by atoms with Crippen molar-refractivity contribution in [2.75, 3.05) is 33.5 Å². The standard InChI is InChI=1S/C17H22FN3O3/c1-11-12(2)21-16-14(9-13(18)10-15(16)20-11)17(22)19-5-4-6-24-8-7-23-3/h9-10H,4-8H2,1-3H3,(H,19,22). The maximum atomic E-state index is 13.8. The number of amides is 1. The molecule has 1 aromatic carbocycles. The Morgan fingerprint density at radius 2 is 1.92 bits per heavy atom. The number of carbonyl (C=O) groups is 1. The minimum absolute atomic E-state index is 0.195. The monoisotopic (exact) mass is 335 g/mol. The second kappa shape index (κ2) is 8.65. The largest absolute Gasteiger partial charge is 0.382 e. The molecule has 130 valence electrons. The van der Waals surface area contributed by atoms with E-state index in [4.69, 9.17) is 9.47 Å². The van der Waals surface area contributed by atoms with E-state index in [0.29, 0.717) is 49.5 Å². The number of nitrogens with one attached hydrogen (secondary N) is 1. The van der Waals surface area contributed by atoms with Crippen LogP contribution in [0.4, 0.5) is 4.39 Å². The Kier molecular flexibility index (Phi) is 6.57. The molecular formula is C17H22FN3O3. The molecule has 0 aliphatic heterocycles. The van der Waals surface area contributed by atoms with Crippen LogP contribution in [-0.2, 0) is 9.47 Å². The molecule has 0 aliphatic rings. The molecule has 0 aliphatic carbocycles. The average Bonchev–Trinajstić information content (AvgIpc) is 2.54. The molecule has 0 bridgehead atoms. The predicted molar refractivity (Wildman–Crippen MR) is 88.6 cm³/mol. The highest BCUT2D eigenvalue weighted by molar-refractivity contribution is 6.04. The van der Waals surface area contributed by atoms with Crippen LogP contribution in [0, 0.1) is 19.7 Å². The molecule has 0 saturated carbocycles. The lowest BCUT2D eigenvalue weighted by molar-refractivity contribution is 0.0688. The number of rotatable bonds is 8. The highest BCUT2D eigenvalue weighted by Crippen LogP contribution is 2.19. The third-order valence-corrected chi connectivity index (χ3v) is 3.57. The summed E-state index contributed by atoms with van der Waals surface area (Å²) >= 11 is 0. The van der Waals surface area contributed by atoms with Crippen molar-refractivity contribution < 1.29 is 18.7 Å². The van der Waals surface area contributed by atoms with E-state index in [0.717, 1.165) is 5.69 Å². The lowest BCUT2D eigenvalue weighted by atomic mass is 10.1. The summed E-state index contributed by atoms with van der Waals surface area (Å²) in [6, 6.07) is 2.48. The molecule has 0 atom stereocenters. The lowest BCUT2D eigenvalue weighted by Gasteiger charge is -2.09. The fourth-order valence-electron chi connectivity index (χ4n) is 2.19. The average molecular weight is 335 g/mol. The third-order valence-electron chi connectivity index (χ3n) is 3.57. The van der Waals surface area contributed by atoms with Crippen molar-refractivity contribution >= 4 is 16.9 Å². The van der Waals surface area contributed by atoms with Crippen LogP contribution in [0.5, 0.6) is 0 Å². The number of carbonyl (C=O) groups excluding carboxylic acids is 1. The van der Waals surface area contributed by atoms with E-state index in [1.807, 2.05) is 6.92 Å². The second-order valence-corrected chi connectivity index (χ2v) is 5.43. The summed E-state index contributed by atoms with van der Waals surface area (Å²) in [6.07, 6.45) is 0.659. The van der Waals surface area contributed by atoms with Crippen LogP contribution >= 0.6 is 0 Å². The van der Waals surface area contributed by atoms with Crippen molar-refractivity contribution in [3.63, 3.8) is 0 Å². The number of benzene rings is 1. The van der Waals surface area contributed by atoms with Crippen LogP contribution in [-0.4, -0.2) is 49.4 Å². The van der Waals surface area contributed by atoms with Gasteiger partial charge < -0.3 is 14.8 Å². The first-order valence-electron chi connectivity index (χ1n) is 7.82. The molecule has 1 amide bonds. The summed E-state index contributed by atoms with van der Waals surface area (Å²) in [5, 5.41) is 2.76. The molecule has 1 N–H and O–H groups in total. The molecule has 7 heteroatoms. The maximum absolute atomic E-state index is 13.8. The summed E-state index contributed by atoms with van der Waals surface area (Å²) < 4.78 is 24.0. The Morgan fingerprint density at radius 3 is 2.67 bits per heavy atom. The molecule has 24 heavy (non-hydrogen) atoms. The number of aryl methyl sites for hydroxylation is 2. The number of halogens is 1. The van der Waals surface area contributed by atoms with E-state index in [1.165, 1.54) is 12.1 Å². The molecule has 6 nitrogen and oxygen atoms in total. The quantitative estimate of drug-likeness (QED) is 0.749.